The van der Waals surface area contributed by atoms with Crippen molar-refractivity contribution in [2.24, 2.45) is 0 Å². The normalized spacial score (nSPS) is 11.7. The van der Waals surface area contributed by atoms with Gasteiger partial charge in [-0.3, -0.25) is 0 Å². The lowest BCUT2D eigenvalue weighted by molar-refractivity contribution is 0.204. The van der Waals surface area contributed by atoms with E-state index in [0.717, 1.165) is 5.56 Å². The number of halogens is 1. The van der Waals surface area contributed by atoms with Crippen LogP contribution >= 0.6 is 15.9 Å². The highest BCUT2D eigenvalue weighted by molar-refractivity contribution is 9.10. The zero-order chi connectivity index (χ0) is 12.2. The molecule has 0 saturated heterocycles. The van der Waals surface area contributed by atoms with E-state index in [1.54, 1.807) is 18.2 Å². The van der Waals surface area contributed by atoms with Crippen molar-refractivity contribution in [3.05, 3.63) is 28.2 Å². The molecule has 90 valence electrons. The molecule has 16 heavy (non-hydrogen) atoms. The van der Waals surface area contributed by atoms with Gasteiger partial charge in [-0.05, 0) is 40.5 Å². The maximum absolute atomic E-state index is 11.8. The van der Waals surface area contributed by atoms with Gasteiger partial charge in [-0.15, -0.1) is 0 Å². The number of methoxy groups -OCH3 is 1. The fourth-order valence-corrected chi connectivity index (χ4v) is 3.38. The Hall–Kier alpha value is -0.430. The van der Waals surface area contributed by atoms with Crippen molar-refractivity contribution in [3.8, 4) is 0 Å². The van der Waals surface area contributed by atoms with Gasteiger partial charge in [-0.2, -0.15) is 0 Å². The second-order valence-electron chi connectivity index (χ2n) is 3.32. The molecule has 0 aliphatic heterocycles. The number of benzene rings is 1. The van der Waals surface area contributed by atoms with Gasteiger partial charge >= 0.3 is 0 Å². The molecule has 0 spiro atoms. The number of sulfonamides is 1. The lowest BCUT2D eigenvalue weighted by atomic mass is 10.2. The van der Waals surface area contributed by atoms with E-state index in [-0.39, 0.29) is 11.4 Å². The fourth-order valence-electron chi connectivity index (χ4n) is 1.18. The molecule has 0 amide bonds. The third-order valence-corrected chi connectivity index (χ3v) is 4.41. The molecule has 1 aromatic carbocycles. The third-order valence-electron chi connectivity index (χ3n) is 1.98. The third kappa shape index (κ3) is 3.55. The summed E-state index contributed by atoms with van der Waals surface area (Å²) >= 11 is 3.24. The monoisotopic (exact) mass is 307 g/mol. The first-order chi connectivity index (χ1) is 7.47. The van der Waals surface area contributed by atoms with Crippen LogP contribution in [0.25, 0.3) is 0 Å². The molecule has 4 nitrogen and oxygen atoms in total. The Balaban J connectivity index is 2.90. The topological polar surface area (TPSA) is 55.4 Å². The molecule has 1 rings (SSSR count). The van der Waals surface area contributed by atoms with Crippen LogP contribution < -0.4 is 4.72 Å². The minimum absolute atomic E-state index is 0.245. The van der Waals surface area contributed by atoms with Crippen LogP contribution in [0, 0.1) is 6.92 Å². The Morgan fingerprint density at radius 1 is 1.44 bits per heavy atom. The quantitative estimate of drug-likeness (QED) is 0.842. The van der Waals surface area contributed by atoms with Crippen molar-refractivity contribution in [3.63, 3.8) is 0 Å². The summed E-state index contributed by atoms with van der Waals surface area (Å²) in [4.78, 5) is 0.245. The van der Waals surface area contributed by atoms with Crippen molar-refractivity contribution in [2.45, 2.75) is 11.8 Å². The highest BCUT2D eigenvalue weighted by Crippen LogP contribution is 2.22. The Morgan fingerprint density at radius 2 is 2.12 bits per heavy atom. The molecule has 0 unspecified atom stereocenters. The number of hydrogen-bond donors (Lipinski definition) is 1. The van der Waals surface area contributed by atoms with Crippen LogP contribution in [0.2, 0.25) is 0 Å². The Labute approximate surface area is 104 Å². The van der Waals surface area contributed by atoms with E-state index in [1.165, 1.54) is 7.11 Å². The van der Waals surface area contributed by atoms with Gasteiger partial charge in [0.15, 0.2) is 0 Å². The maximum atomic E-state index is 11.8. The molecule has 1 N–H and O–H groups in total. The van der Waals surface area contributed by atoms with Crippen molar-refractivity contribution < 1.29 is 13.2 Å². The number of rotatable bonds is 5. The van der Waals surface area contributed by atoms with E-state index in [0.29, 0.717) is 11.1 Å². The molecule has 0 aliphatic rings. The molecule has 6 heteroatoms. The summed E-state index contributed by atoms with van der Waals surface area (Å²) in [5, 5.41) is 0. The van der Waals surface area contributed by atoms with Gasteiger partial charge in [0.05, 0.1) is 11.5 Å². The number of hydrogen-bond acceptors (Lipinski definition) is 3. The first kappa shape index (κ1) is 13.6. The molecular weight excluding hydrogens is 294 g/mol. The molecule has 0 bridgehead atoms. The maximum Gasteiger partial charge on any atom is 0.241 e. The summed E-state index contributed by atoms with van der Waals surface area (Å²) in [6, 6.07) is 5.11. The van der Waals surface area contributed by atoms with Gasteiger partial charge in [-0.1, -0.05) is 6.07 Å². The van der Waals surface area contributed by atoms with E-state index in [1.807, 2.05) is 6.92 Å². The number of aryl methyl sites for hydroxylation is 1. The van der Waals surface area contributed by atoms with Crippen molar-refractivity contribution in [2.75, 3.05) is 20.3 Å². The van der Waals surface area contributed by atoms with Crippen molar-refractivity contribution >= 4 is 26.0 Å². The first-order valence-corrected chi connectivity index (χ1v) is 7.00. The summed E-state index contributed by atoms with van der Waals surface area (Å²) in [5.74, 6) is 0. The minimum atomic E-state index is -3.46. The van der Waals surface area contributed by atoms with Gasteiger partial charge in [0.25, 0.3) is 0 Å². The first-order valence-electron chi connectivity index (χ1n) is 4.72. The smallest absolute Gasteiger partial charge is 0.241 e. The highest BCUT2D eigenvalue weighted by Gasteiger charge is 2.16. The lowest BCUT2D eigenvalue weighted by Crippen LogP contribution is -2.27. The second-order valence-corrected chi connectivity index (χ2v) is 5.91. The van der Waals surface area contributed by atoms with Crippen molar-refractivity contribution in [1.29, 1.82) is 0 Å². The minimum Gasteiger partial charge on any atom is -0.383 e. The summed E-state index contributed by atoms with van der Waals surface area (Å²) in [5.41, 5.74) is 1.00. The van der Waals surface area contributed by atoms with Crippen LogP contribution in [0.5, 0.6) is 0 Å². The SMILES string of the molecule is COCCNS(=O)(=O)c1ccc(C)cc1Br. The Kier molecular flexibility index (Phi) is 4.91. The van der Waals surface area contributed by atoms with E-state index in [9.17, 15) is 8.42 Å². The van der Waals surface area contributed by atoms with E-state index < -0.39 is 10.0 Å². The molecule has 0 heterocycles. The standard InChI is InChI=1S/C10H14BrNO3S/c1-8-3-4-10(9(11)7-8)16(13,14)12-5-6-15-2/h3-4,7,12H,5-6H2,1-2H3. The molecule has 0 atom stereocenters. The largest absolute Gasteiger partial charge is 0.383 e. The van der Waals surface area contributed by atoms with Gasteiger partial charge < -0.3 is 4.74 Å². The van der Waals surface area contributed by atoms with Crippen LogP contribution in [0.4, 0.5) is 0 Å². The average molecular weight is 308 g/mol. The average Bonchev–Trinajstić information content (AvgIpc) is 2.17. The summed E-state index contributed by atoms with van der Waals surface area (Å²) < 4.78 is 31.5. The van der Waals surface area contributed by atoms with Gasteiger partial charge in [0.2, 0.25) is 10.0 Å². The molecule has 0 aliphatic carbocycles. The van der Waals surface area contributed by atoms with Gasteiger partial charge in [0.1, 0.15) is 0 Å². The second kappa shape index (κ2) is 5.77. The Morgan fingerprint density at radius 3 is 2.69 bits per heavy atom. The van der Waals surface area contributed by atoms with Crippen molar-refractivity contribution in [1.82, 2.24) is 4.72 Å². The van der Waals surface area contributed by atoms with E-state index in [4.69, 9.17) is 4.74 Å². The van der Waals surface area contributed by atoms with Gasteiger partial charge in [-0.25, -0.2) is 13.1 Å². The molecule has 0 aromatic heterocycles. The predicted octanol–water partition coefficient (Wildman–Crippen LogP) is 1.68. The highest BCUT2D eigenvalue weighted by atomic mass is 79.9. The van der Waals surface area contributed by atoms with Gasteiger partial charge in [0, 0.05) is 18.1 Å². The number of ether oxygens (including phenoxy) is 1. The molecule has 0 saturated carbocycles. The fraction of sp³-hybridized carbons (Fsp3) is 0.400. The Bertz CT molecular complexity index is 459. The van der Waals surface area contributed by atoms with Crippen LogP contribution in [0.1, 0.15) is 5.56 Å². The number of nitrogens with one attached hydrogen (secondary N) is 1. The summed E-state index contributed by atoms with van der Waals surface area (Å²) in [6.07, 6.45) is 0. The van der Waals surface area contributed by atoms with E-state index >= 15 is 0 Å². The summed E-state index contributed by atoms with van der Waals surface area (Å²) in [6.45, 7) is 2.52. The van der Waals surface area contributed by atoms with Crippen LogP contribution in [-0.4, -0.2) is 28.7 Å². The molecular formula is C10H14BrNO3S. The predicted molar refractivity (Wildman–Crippen MR) is 65.9 cm³/mol. The zero-order valence-corrected chi connectivity index (χ0v) is 11.6. The zero-order valence-electron chi connectivity index (χ0n) is 9.16. The summed E-state index contributed by atoms with van der Waals surface area (Å²) in [7, 11) is -1.93. The molecule has 1 aromatic rings. The van der Waals surface area contributed by atoms with Crippen LogP contribution in [0.3, 0.4) is 0 Å². The molecule has 0 radical (unpaired) electrons. The van der Waals surface area contributed by atoms with Crippen LogP contribution in [-0.2, 0) is 14.8 Å². The lowest BCUT2D eigenvalue weighted by Gasteiger charge is -2.08. The molecule has 0 fully saturated rings. The van der Waals surface area contributed by atoms with Crippen LogP contribution in [0.15, 0.2) is 27.6 Å². The van der Waals surface area contributed by atoms with E-state index in [2.05, 4.69) is 20.7 Å².